The Kier molecular flexibility index (Phi) is 7.19. The van der Waals surface area contributed by atoms with Crippen LogP contribution in [0.15, 0.2) is 30.5 Å². The normalized spacial score (nSPS) is 14.0. The lowest BCUT2D eigenvalue weighted by atomic mass is 10.1. The Balaban J connectivity index is 1.24. The molecular formula is C23H27FN8O2. The monoisotopic (exact) mass is 466 g/mol. The topological polar surface area (TPSA) is 128 Å². The third-order valence-electron chi connectivity index (χ3n) is 5.50. The number of nitrogens with zero attached hydrogens (tertiary/aromatic N) is 6. The molecule has 0 saturated heterocycles. The third-order valence-corrected chi connectivity index (χ3v) is 5.50. The molecule has 0 unspecified atom stereocenters. The Labute approximate surface area is 196 Å². The summed E-state index contributed by atoms with van der Waals surface area (Å²) in [7, 11) is 1.49. The molecule has 3 heterocycles. The lowest BCUT2D eigenvalue weighted by Crippen LogP contribution is -2.18. The summed E-state index contributed by atoms with van der Waals surface area (Å²) in [6, 6.07) is 7.45. The summed E-state index contributed by atoms with van der Waals surface area (Å²) in [5.74, 6) is 0.351. The first-order valence-electron chi connectivity index (χ1n) is 11.3. The van der Waals surface area contributed by atoms with Crippen molar-refractivity contribution in [2.75, 3.05) is 12.4 Å². The van der Waals surface area contributed by atoms with Crippen molar-refractivity contribution in [2.24, 2.45) is 0 Å². The smallest absolute Gasteiger partial charge is 0.273 e. The van der Waals surface area contributed by atoms with Crippen molar-refractivity contribution in [3.63, 3.8) is 0 Å². The minimum absolute atomic E-state index is 0.0129. The zero-order chi connectivity index (χ0) is 24.1. The Morgan fingerprint density at radius 1 is 1.18 bits per heavy atom. The van der Waals surface area contributed by atoms with Crippen molar-refractivity contribution in [1.82, 2.24) is 35.5 Å². The maximum absolute atomic E-state index is 14.3. The number of pyridine rings is 1. The van der Waals surface area contributed by atoms with E-state index in [2.05, 4.69) is 42.2 Å². The fourth-order valence-electron chi connectivity index (χ4n) is 3.64. The maximum atomic E-state index is 14.3. The van der Waals surface area contributed by atoms with Crippen LogP contribution < -0.4 is 10.6 Å². The Hall–Kier alpha value is -3.76. The van der Waals surface area contributed by atoms with E-state index < -0.39 is 6.17 Å². The van der Waals surface area contributed by atoms with E-state index in [0.717, 1.165) is 11.4 Å². The van der Waals surface area contributed by atoms with Crippen LogP contribution in [0.5, 0.6) is 0 Å². The highest BCUT2D eigenvalue weighted by Gasteiger charge is 2.24. The fraction of sp³-hybridized carbons (Fsp3) is 0.435. The van der Waals surface area contributed by atoms with Crippen LogP contribution in [0.4, 0.5) is 10.2 Å². The first-order chi connectivity index (χ1) is 16.4. The van der Waals surface area contributed by atoms with E-state index in [1.807, 2.05) is 13.0 Å². The van der Waals surface area contributed by atoms with Gasteiger partial charge in [-0.1, -0.05) is 5.21 Å². The van der Waals surface area contributed by atoms with Crippen molar-refractivity contribution in [3.05, 3.63) is 58.8 Å². The van der Waals surface area contributed by atoms with Crippen molar-refractivity contribution in [3.8, 4) is 0 Å². The van der Waals surface area contributed by atoms with Crippen LogP contribution in [0.2, 0.25) is 0 Å². The third kappa shape index (κ3) is 6.40. The first-order valence-corrected chi connectivity index (χ1v) is 11.3. The number of carbonyl (C=O) groups excluding carboxylic acids is 2. The highest BCUT2D eigenvalue weighted by Crippen LogP contribution is 2.40. The number of aromatic nitrogens is 6. The molecule has 1 aliphatic rings. The lowest BCUT2D eigenvalue weighted by molar-refractivity contribution is -0.115. The molecule has 3 aromatic heterocycles. The summed E-state index contributed by atoms with van der Waals surface area (Å²) < 4.78 is 15.6. The van der Waals surface area contributed by atoms with Gasteiger partial charge in [-0.3, -0.25) is 14.6 Å². The van der Waals surface area contributed by atoms with E-state index in [1.165, 1.54) is 36.3 Å². The molecule has 178 valence electrons. The number of hydrogen-bond acceptors (Lipinski definition) is 7. The van der Waals surface area contributed by atoms with Crippen LogP contribution in [0.25, 0.3) is 0 Å². The van der Waals surface area contributed by atoms with Gasteiger partial charge < -0.3 is 10.6 Å². The highest BCUT2D eigenvalue weighted by atomic mass is 19.1. The Morgan fingerprint density at radius 2 is 2.00 bits per heavy atom. The standard InChI is InChI=1S/C23H27FN8O2/c1-14-9-16(15-3-4-15)10-19(26-14)11-22(33)27-21-8-7-18(28-30-21)6-5-17(24)12-32-13-20(29-31-32)23(34)25-2/h7-10,13,15,17H,3-6,11-12H2,1-2H3,(H,25,34)(H,27,30,33)/t17-/m1/s1. The summed E-state index contributed by atoms with van der Waals surface area (Å²) in [4.78, 5) is 28.4. The quantitative estimate of drug-likeness (QED) is 0.469. The van der Waals surface area contributed by atoms with Crippen LogP contribution in [0.1, 0.15) is 58.3 Å². The number of amides is 2. The summed E-state index contributed by atoms with van der Waals surface area (Å²) >= 11 is 0. The van der Waals surface area contributed by atoms with Gasteiger partial charge in [0.25, 0.3) is 5.91 Å². The molecule has 1 aliphatic carbocycles. The number of anilines is 1. The van der Waals surface area contributed by atoms with E-state index in [1.54, 1.807) is 12.1 Å². The Bertz CT molecular complexity index is 1160. The molecule has 1 atom stereocenters. The van der Waals surface area contributed by atoms with Crippen LogP contribution >= 0.6 is 0 Å². The molecule has 34 heavy (non-hydrogen) atoms. The predicted octanol–water partition coefficient (Wildman–Crippen LogP) is 2.16. The number of aryl methyl sites for hydroxylation is 2. The maximum Gasteiger partial charge on any atom is 0.273 e. The molecular weight excluding hydrogens is 439 g/mol. The zero-order valence-electron chi connectivity index (χ0n) is 19.2. The number of carbonyl (C=O) groups is 2. The Morgan fingerprint density at radius 3 is 2.71 bits per heavy atom. The van der Waals surface area contributed by atoms with Gasteiger partial charge >= 0.3 is 0 Å². The van der Waals surface area contributed by atoms with E-state index >= 15 is 0 Å². The van der Waals surface area contributed by atoms with Crippen LogP contribution in [-0.2, 0) is 24.2 Å². The van der Waals surface area contributed by atoms with Crippen LogP contribution in [0, 0.1) is 6.92 Å². The van der Waals surface area contributed by atoms with Crippen LogP contribution in [-0.4, -0.2) is 55.2 Å². The zero-order valence-corrected chi connectivity index (χ0v) is 19.2. The number of alkyl halides is 1. The van der Waals surface area contributed by atoms with Gasteiger partial charge in [0.05, 0.1) is 30.6 Å². The second-order valence-electron chi connectivity index (χ2n) is 8.48. The van der Waals surface area contributed by atoms with E-state index in [9.17, 15) is 14.0 Å². The van der Waals surface area contributed by atoms with E-state index in [-0.39, 0.29) is 36.9 Å². The van der Waals surface area contributed by atoms with Gasteiger partial charge in [-0.05, 0) is 68.4 Å². The highest BCUT2D eigenvalue weighted by molar-refractivity contribution is 5.91. The number of nitrogens with one attached hydrogen (secondary N) is 2. The SMILES string of the molecule is CNC(=O)c1cn(C[C@H](F)CCc2ccc(NC(=O)Cc3cc(C4CC4)cc(C)n3)nn2)nn1. The van der Waals surface area contributed by atoms with Gasteiger partial charge in [0.2, 0.25) is 5.91 Å². The van der Waals surface area contributed by atoms with Crippen molar-refractivity contribution < 1.29 is 14.0 Å². The van der Waals surface area contributed by atoms with Crippen molar-refractivity contribution >= 4 is 17.6 Å². The molecule has 4 rings (SSSR count). The number of halogens is 1. The van der Waals surface area contributed by atoms with Gasteiger partial charge in [-0.2, -0.15) is 5.10 Å². The minimum Gasteiger partial charge on any atom is -0.354 e. The van der Waals surface area contributed by atoms with E-state index in [0.29, 0.717) is 23.9 Å². The molecule has 0 spiro atoms. The second-order valence-corrected chi connectivity index (χ2v) is 8.48. The van der Waals surface area contributed by atoms with Crippen molar-refractivity contribution in [2.45, 2.75) is 57.7 Å². The van der Waals surface area contributed by atoms with E-state index in [4.69, 9.17) is 0 Å². The second kappa shape index (κ2) is 10.4. The van der Waals surface area contributed by atoms with Gasteiger partial charge in [0.15, 0.2) is 11.5 Å². The van der Waals surface area contributed by atoms with Crippen LogP contribution in [0.3, 0.4) is 0 Å². The molecule has 0 aromatic carbocycles. The predicted molar refractivity (Wildman–Crippen MR) is 122 cm³/mol. The average molecular weight is 467 g/mol. The molecule has 11 heteroatoms. The molecule has 1 fully saturated rings. The van der Waals surface area contributed by atoms with Gasteiger partial charge in [0.1, 0.15) is 6.17 Å². The molecule has 0 aliphatic heterocycles. The molecule has 0 radical (unpaired) electrons. The largest absolute Gasteiger partial charge is 0.354 e. The number of hydrogen-bond donors (Lipinski definition) is 2. The summed E-state index contributed by atoms with van der Waals surface area (Å²) in [6.07, 6.45) is 3.34. The molecule has 0 bridgehead atoms. The van der Waals surface area contributed by atoms with Gasteiger partial charge in [0, 0.05) is 12.7 Å². The number of rotatable bonds is 10. The van der Waals surface area contributed by atoms with Gasteiger partial charge in [-0.25, -0.2) is 9.07 Å². The molecule has 2 N–H and O–H groups in total. The minimum atomic E-state index is -1.19. The van der Waals surface area contributed by atoms with Gasteiger partial charge in [-0.15, -0.1) is 10.2 Å². The molecule has 2 amide bonds. The lowest BCUT2D eigenvalue weighted by Gasteiger charge is -2.08. The van der Waals surface area contributed by atoms with Crippen molar-refractivity contribution in [1.29, 1.82) is 0 Å². The summed E-state index contributed by atoms with van der Waals surface area (Å²) in [5, 5.41) is 20.8. The molecule has 1 saturated carbocycles. The summed E-state index contributed by atoms with van der Waals surface area (Å²) in [6.45, 7) is 1.93. The first kappa shape index (κ1) is 23.4. The fourth-order valence-corrected chi connectivity index (χ4v) is 3.64. The average Bonchev–Trinajstić information content (AvgIpc) is 3.57. The molecule has 10 nitrogen and oxygen atoms in total. The summed E-state index contributed by atoms with van der Waals surface area (Å²) in [5.41, 5.74) is 3.66. The molecule has 3 aromatic rings.